The summed E-state index contributed by atoms with van der Waals surface area (Å²) in [5.74, 6) is -0.520. The van der Waals surface area contributed by atoms with Crippen LogP contribution in [0.2, 0.25) is 0 Å². The first-order valence-corrected chi connectivity index (χ1v) is 10.2. The van der Waals surface area contributed by atoms with Gasteiger partial charge in [-0.25, -0.2) is 4.79 Å². The van der Waals surface area contributed by atoms with Crippen molar-refractivity contribution in [2.24, 2.45) is 34.0 Å². The lowest BCUT2D eigenvalue weighted by molar-refractivity contribution is -0.207. The number of ether oxygens (including phenoxy) is 1. The molecule has 5 nitrogen and oxygen atoms in total. The molecule has 1 unspecified atom stereocenters. The highest BCUT2D eigenvalue weighted by molar-refractivity contribution is 5.85. The summed E-state index contributed by atoms with van der Waals surface area (Å²) in [4.78, 5) is 25.2. The molecule has 5 heteroatoms. The highest BCUT2D eigenvalue weighted by Crippen LogP contribution is 2.67. The van der Waals surface area contributed by atoms with Gasteiger partial charge in [0.1, 0.15) is 18.5 Å². The SMILES string of the molecule is C=C[C@]1(C)CC(OC(=O)CO)[C@@]2(C)[C@H](C)CC[C@@]3(CCC(=O)[C@H]32)[C@H](C)[C@H]1O. The minimum absolute atomic E-state index is 0.0433. The topological polar surface area (TPSA) is 83.8 Å². The molecule has 3 fully saturated rings. The van der Waals surface area contributed by atoms with Crippen LogP contribution in [0.5, 0.6) is 0 Å². The second-order valence-electron chi connectivity index (χ2n) is 9.72. The maximum Gasteiger partial charge on any atom is 0.332 e. The van der Waals surface area contributed by atoms with Crippen molar-refractivity contribution in [3.8, 4) is 0 Å². The van der Waals surface area contributed by atoms with Crippen molar-refractivity contribution < 1.29 is 24.5 Å². The number of esters is 1. The molecular weight excluding hydrogens is 344 g/mol. The van der Waals surface area contributed by atoms with Gasteiger partial charge in [0, 0.05) is 23.2 Å². The van der Waals surface area contributed by atoms with E-state index in [-0.39, 0.29) is 29.0 Å². The molecule has 0 spiro atoms. The molecule has 3 saturated carbocycles. The molecule has 8 atom stereocenters. The molecule has 3 rings (SSSR count). The van der Waals surface area contributed by atoms with E-state index in [9.17, 15) is 19.8 Å². The Hall–Kier alpha value is -1.20. The van der Waals surface area contributed by atoms with E-state index in [1.54, 1.807) is 6.08 Å². The van der Waals surface area contributed by atoms with Gasteiger partial charge in [-0.15, -0.1) is 6.58 Å². The summed E-state index contributed by atoms with van der Waals surface area (Å²) in [6.45, 7) is 11.5. The van der Waals surface area contributed by atoms with E-state index in [1.165, 1.54) is 0 Å². The number of ketones is 1. The molecule has 27 heavy (non-hydrogen) atoms. The summed E-state index contributed by atoms with van der Waals surface area (Å²) in [6.07, 6.45) is 4.10. The molecule has 0 heterocycles. The lowest BCUT2D eigenvalue weighted by atomic mass is 9.44. The Morgan fingerprint density at radius 2 is 2.00 bits per heavy atom. The summed E-state index contributed by atoms with van der Waals surface area (Å²) in [6, 6.07) is 0. The minimum atomic E-state index is -0.686. The van der Waals surface area contributed by atoms with E-state index in [0.717, 1.165) is 19.3 Å². The number of hydrogen-bond acceptors (Lipinski definition) is 5. The number of carbonyl (C=O) groups excluding carboxylic acids is 2. The van der Waals surface area contributed by atoms with Crippen molar-refractivity contribution in [2.75, 3.05) is 6.61 Å². The third kappa shape index (κ3) is 2.72. The molecule has 0 amide bonds. The van der Waals surface area contributed by atoms with Crippen molar-refractivity contribution in [1.29, 1.82) is 0 Å². The van der Waals surface area contributed by atoms with Crippen LogP contribution < -0.4 is 0 Å². The Bertz CT molecular complexity index is 645. The van der Waals surface area contributed by atoms with Gasteiger partial charge in [-0.1, -0.05) is 33.8 Å². The van der Waals surface area contributed by atoms with Crippen LogP contribution in [0.3, 0.4) is 0 Å². The molecule has 152 valence electrons. The zero-order chi connectivity index (χ0) is 20.2. The van der Waals surface area contributed by atoms with E-state index >= 15 is 0 Å². The van der Waals surface area contributed by atoms with Gasteiger partial charge in [-0.05, 0) is 42.9 Å². The van der Waals surface area contributed by atoms with Crippen molar-refractivity contribution in [2.45, 2.75) is 72.0 Å². The fourth-order valence-electron chi connectivity index (χ4n) is 6.70. The maximum absolute atomic E-state index is 13.1. The summed E-state index contributed by atoms with van der Waals surface area (Å²) >= 11 is 0. The monoisotopic (exact) mass is 378 g/mol. The van der Waals surface area contributed by atoms with Crippen LogP contribution in [-0.4, -0.2) is 40.8 Å². The molecule has 0 aromatic carbocycles. The van der Waals surface area contributed by atoms with Crippen molar-refractivity contribution in [3.63, 3.8) is 0 Å². The quantitative estimate of drug-likeness (QED) is 0.583. The molecule has 3 aliphatic carbocycles. The zero-order valence-electron chi connectivity index (χ0n) is 17.0. The predicted molar refractivity (Wildman–Crippen MR) is 102 cm³/mol. The Morgan fingerprint density at radius 1 is 1.33 bits per heavy atom. The van der Waals surface area contributed by atoms with Crippen molar-refractivity contribution in [3.05, 3.63) is 12.7 Å². The molecule has 0 saturated heterocycles. The van der Waals surface area contributed by atoms with Gasteiger partial charge in [0.25, 0.3) is 0 Å². The molecular formula is C22H34O5. The van der Waals surface area contributed by atoms with Crippen LogP contribution in [0.15, 0.2) is 12.7 Å². The number of Topliss-reactive ketones (excluding diaryl/α,β-unsaturated/α-hetero) is 1. The fourth-order valence-corrected chi connectivity index (χ4v) is 6.70. The summed E-state index contributed by atoms with van der Waals surface area (Å²) in [7, 11) is 0. The van der Waals surface area contributed by atoms with Crippen LogP contribution in [0.4, 0.5) is 0 Å². The number of hydrogen-bond donors (Lipinski definition) is 2. The lowest BCUT2D eigenvalue weighted by Crippen LogP contribution is -2.63. The summed E-state index contributed by atoms with van der Waals surface area (Å²) in [5.41, 5.74) is -1.43. The van der Waals surface area contributed by atoms with Gasteiger partial charge in [-0.3, -0.25) is 4.79 Å². The molecule has 2 bridgehead atoms. The van der Waals surface area contributed by atoms with E-state index in [2.05, 4.69) is 27.4 Å². The highest BCUT2D eigenvalue weighted by atomic mass is 16.6. The van der Waals surface area contributed by atoms with E-state index < -0.39 is 35.6 Å². The van der Waals surface area contributed by atoms with Crippen molar-refractivity contribution in [1.82, 2.24) is 0 Å². The number of carbonyl (C=O) groups is 2. The van der Waals surface area contributed by atoms with E-state index in [4.69, 9.17) is 4.74 Å². The Balaban J connectivity index is 2.21. The Kier molecular flexibility index (Phi) is 5.09. The summed E-state index contributed by atoms with van der Waals surface area (Å²) < 4.78 is 5.77. The van der Waals surface area contributed by atoms with E-state index in [0.29, 0.717) is 12.8 Å². The molecule has 3 aliphatic rings. The Morgan fingerprint density at radius 3 is 2.59 bits per heavy atom. The first-order valence-electron chi connectivity index (χ1n) is 10.2. The third-order valence-corrected chi connectivity index (χ3v) is 8.70. The second kappa shape index (κ2) is 6.70. The minimum Gasteiger partial charge on any atom is -0.460 e. The van der Waals surface area contributed by atoms with Gasteiger partial charge >= 0.3 is 5.97 Å². The van der Waals surface area contributed by atoms with Gasteiger partial charge in [0.2, 0.25) is 0 Å². The van der Waals surface area contributed by atoms with Gasteiger partial charge < -0.3 is 14.9 Å². The third-order valence-electron chi connectivity index (χ3n) is 8.70. The molecule has 0 aromatic heterocycles. The van der Waals surface area contributed by atoms with Crippen LogP contribution in [0.25, 0.3) is 0 Å². The number of aliphatic hydroxyl groups is 2. The lowest BCUT2D eigenvalue weighted by Gasteiger charge is -2.61. The average Bonchev–Trinajstić information content (AvgIpc) is 3.00. The molecule has 0 aromatic rings. The first kappa shape index (κ1) is 20.5. The first-order chi connectivity index (χ1) is 12.6. The van der Waals surface area contributed by atoms with Crippen LogP contribution in [0, 0.1) is 34.0 Å². The van der Waals surface area contributed by atoms with Gasteiger partial charge in [-0.2, -0.15) is 0 Å². The average molecular weight is 379 g/mol. The largest absolute Gasteiger partial charge is 0.460 e. The van der Waals surface area contributed by atoms with E-state index in [1.807, 2.05) is 6.92 Å². The maximum atomic E-state index is 13.1. The molecule has 0 radical (unpaired) electrons. The second-order valence-corrected chi connectivity index (χ2v) is 9.72. The fraction of sp³-hybridized carbons (Fsp3) is 0.818. The summed E-state index contributed by atoms with van der Waals surface area (Å²) in [5, 5.41) is 20.6. The van der Waals surface area contributed by atoms with Crippen LogP contribution in [-0.2, 0) is 14.3 Å². The molecule has 2 N–H and O–H groups in total. The molecule has 0 aliphatic heterocycles. The van der Waals surface area contributed by atoms with Gasteiger partial charge in [0.05, 0.1) is 6.10 Å². The number of aliphatic hydroxyl groups excluding tert-OH is 2. The zero-order valence-corrected chi connectivity index (χ0v) is 17.0. The van der Waals surface area contributed by atoms with Crippen LogP contribution in [0.1, 0.15) is 59.8 Å². The normalized spacial score (nSPS) is 49.7. The van der Waals surface area contributed by atoms with Crippen LogP contribution >= 0.6 is 0 Å². The van der Waals surface area contributed by atoms with Gasteiger partial charge in [0.15, 0.2) is 0 Å². The predicted octanol–water partition coefficient (Wildman–Crippen LogP) is 2.89. The van der Waals surface area contributed by atoms with Crippen molar-refractivity contribution >= 4 is 11.8 Å². The number of rotatable bonds is 3. The highest BCUT2D eigenvalue weighted by Gasteiger charge is 2.68. The standard InChI is InChI=1S/C22H34O5/c1-6-20(4)11-16(27-17(25)12-23)21(5)13(2)7-9-22(14(3)19(20)26)10-8-15(24)18(21)22/h6,13-14,16,18-19,23,26H,1,7-12H2,2-5H3/t13-,14-,16?,18+,19-,20-,21-,22-/m1/s1. The smallest absolute Gasteiger partial charge is 0.332 e. The Labute approximate surface area is 162 Å².